The molecule has 1 fully saturated rings. The molecule has 2 atom stereocenters. The van der Waals surface area contributed by atoms with Crippen LogP contribution < -0.4 is 4.74 Å². The number of nitrogens with zero attached hydrogens (tertiary/aromatic N) is 1. The van der Waals surface area contributed by atoms with E-state index in [1.165, 1.54) is 17.5 Å². The van der Waals surface area contributed by atoms with Crippen LogP contribution in [-0.2, 0) is 14.8 Å². The van der Waals surface area contributed by atoms with Crippen LogP contribution in [0.4, 0.5) is 0 Å². The average molecular weight is 504 g/mol. The molecule has 0 radical (unpaired) electrons. The van der Waals surface area contributed by atoms with E-state index in [2.05, 4.69) is 0 Å². The number of aryl methyl sites for hydroxylation is 2. The second-order valence-corrected chi connectivity index (χ2v) is 12.4. The monoisotopic (exact) mass is 503 g/mol. The lowest BCUT2D eigenvalue weighted by Crippen LogP contribution is -2.36. The molecular weight excluding hydrogens is 470 g/mol. The Labute approximate surface area is 207 Å². The van der Waals surface area contributed by atoms with Crippen LogP contribution >= 0.6 is 11.8 Å². The van der Waals surface area contributed by atoms with Crippen LogP contribution in [-0.4, -0.2) is 55.5 Å². The Morgan fingerprint density at radius 3 is 2.09 bits per heavy atom. The third kappa shape index (κ3) is 5.56. The number of ketones is 2. The predicted octanol–water partition coefficient (Wildman–Crippen LogP) is 4.63. The van der Waals surface area contributed by atoms with Gasteiger partial charge in [-0.05, 0) is 69.7 Å². The Balaban J connectivity index is 2.00. The van der Waals surface area contributed by atoms with E-state index in [0.29, 0.717) is 11.3 Å². The smallest absolute Gasteiger partial charge is 0.211 e. The van der Waals surface area contributed by atoms with Gasteiger partial charge in [0.1, 0.15) is 5.75 Å². The molecule has 3 rings (SSSR count). The van der Waals surface area contributed by atoms with Crippen molar-refractivity contribution in [3.8, 4) is 5.75 Å². The molecule has 2 aromatic rings. The summed E-state index contributed by atoms with van der Waals surface area (Å²) in [6.45, 7) is 9.18. The lowest BCUT2D eigenvalue weighted by atomic mass is 9.82. The number of Topliss-reactive ketones (excluding diaryl/α,β-unsaturated/α-hetero) is 2. The van der Waals surface area contributed by atoms with E-state index in [4.69, 9.17) is 4.74 Å². The van der Waals surface area contributed by atoms with Crippen LogP contribution in [0.2, 0.25) is 0 Å². The molecule has 0 aliphatic carbocycles. The van der Waals surface area contributed by atoms with Gasteiger partial charge in [-0.1, -0.05) is 24.3 Å². The lowest BCUT2D eigenvalue weighted by Gasteiger charge is -2.27. The van der Waals surface area contributed by atoms with E-state index in [-0.39, 0.29) is 30.6 Å². The highest BCUT2D eigenvalue weighted by Crippen LogP contribution is 2.39. The fourth-order valence-electron chi connectivity index (χ4n) is 4.30. The molecule has 2 aromatic carbocycles. The minimum Gasteiger partial charge on any atom is -0.480 e. The number of carbonyl (C=O) groups excluding carboxylic acids is 2. The molecule has 1 aliphatic rings. The molecule has 0 amide bonds. The first-order valence-electron chi connectivity index (χ1n) is 11.2. The van der Waals surface area contributed by atoms with E-state index >= 15 is 0 Å². The summed E-state index contributed by atoms with van der Waals surface area (Å²) in [5, 5.41) is 0. The second-order valence-electron chi connectivity index (χ2n) is 9.54. The van der Waals surface area contributed by atoms with Gasteiger partial charge >= 0.3 is 0 Å². The van der Waals surface area contributed by atoms with Crippen molar-refractivity contribution in [1.29, 1.82) is 0 Å². The third-order valence-corrected chi connectivity index (χ3v) is 8.56. The Bertz CT molecular complexity index is 1180. The maximum atomic E-state index is 13.5. The number of ether oxygens (including phenoxy) is 1. The Hall–Kier alpha value is -2.16. The minimum absolute atomic E-state index is 0.0582. The maximum Gasteiger partial charge on any atom is 0.211 e. The molecule has 184 valence electrons. The van der Waals surface area contributed by atoms with Gasteiger partial charge in [0.2, 0.25) is 10.0 Å². The minimum atomic E-state index is -3.45. The summed E-state index contributed by atoms with van der Waals surface area (Å²) < 4.78 is 32.2. The van der Waals surface area contributed by atoms with Gasteiger partial charge in [-0.15, -0.1) is 11.8 Å². The van der Waals surface area contributed by atoms with Crippen LogP contribution in [0, 0.1) is 19.8 Å². The average Bonchev–Trinajstić information content (AvgIpc) is 3.21. The summed E-state index contributed by atoms with van der Waals surface area (Å²) in [7, 11) is -3.45. The highest BCUT2D eigenvalue weighted by Gasteiger charge is 2.42. The van der Waals surface area contributed by atoms with Crippen LogP contribution in [0.3, 0.4) is 0 Å². The topological polar surface area (TPSA) is 80.8 Å². The number of thioether (sulfide) groups is 1. The zero-order valence-corrected chi connectivity index (χ0v) is 22.5. The highest BCUT2D eigenvalue weighted by molar-refractivity contribution is 7.98. The zero-order chi connectivity index (χ0) is 25.4. The molecule has 1 aliphatic heterocycles. The van der Waals surface area contributed by atoms with Gasteiger partial charge in [-0.2, -0.15) is 0 Å². The molecule has 0 N–H and O–H groups in total. The van der Waals surface area contributed by atoms with Crippen molar-refractivity contribution in [2.75, 3.05) is 25.6 Å². The van der Waals surface area contributed by atoms with Crippen molar-refractivity contribution in [3.63, 3.8) is 0 Å². The number of hydrogen-bond acceptors (Lipinski definition) is 6. The normalized spacial score (nSPS) is 19.3. The van der Waals surface area contributed by atoms with Gasteiger partial charge < -0.3 is 4.74 Å². The summed E-state index contributed by atoms with van der Waals surface area (Å²) >= 11 is 1.60. The SMILES string of the molecule is CSc1ccc(C(=O)[C@@H]2CN(S(C)(=O)=O)C[C@H]2c2cc(C)c(OC(C)(C)C(C)=O)c(C)c2)cc1. The summed E-state index contributed by atoms with van der Waals surface area (Å²) in [6.07, 6.45) is 3.16. The molecule has 0 spiro atoms. The van der Waals surface area contributed by atoms with Gasteiger partial charge in [0.15, 0.2) is 17.2 Å². The number of carbonyl (C=O) groups is 2. The van der Waals surface area contributed by atoms with E-state index in [0.717, 1.165) is 21.6 Å². The first kappa shape index (κ1) is 26.4. The standard InChI is InChI=1S/C26H33NO5S2/c1-16-12-20(13-17(2)25(16)32-26(4,5)18(3)28)22-14-27(34(7,30)31)15-23(22)24(29)19-8-10-21(33-6)11-9-19/h8-13,22-23H,14-15H2,1-7H3/t22-,23+/m0/s1. The molecule has 6 nitrogen and oxygen atoms in total. The van der Waals surface area contributed by atoms with Gasteiger partial charge in [0.25, 0.3) is 0 Å². The van der Waals surface area contributed by atoms with Crippen molar-refractivity contribution in [1.82, 2.24) is 4.31 Å². The molecule has 8 heteroatoms. The van der Waals surface area contributed by atoms with Crippen molar-refractivity contribution in [2.45, 2.75) is 51.0 Å². The number of rotatable bonds is 8. The Kier molecular flexibility index (Phi) is 7.65. The molecule has 0 saturated carbocycles. The van der Waals surface area contributed by atoms with E-state index in [9.17, 15) is 18.0 Å². The number of hydrogen-bond donors (Lipinski definition) is 0. The molecule has 1 saturated heterocycles. The fraction of sp³-hybridized carbons (Fsp3) is 0.462. The van der Waals surface area contributed by atoms with Crippen LogP contribution in [0.25, 0.3) is 0 Å². The van der Waals surface area contributed by atoms with Crippen molar-refractivity contribution < 1.29 is 22.7 Å². The lowest BCUT2D eigenvalue weighted by molar-refractivity contribution is -0.129. The first-order valence-corrected chi connectivity index (χ1v) is 14.3. The van der Waals surface area contributed by atoms with Crippen molar-refractivity contribution in [2.24, 2.45) is 5.92 Å². The number of sulfonamides is 1. The van der Waals surface area contributed by atoms with Crippen molar-refractivity contribution >= 4 is 33.4 Å². The summed E-state index contributed by atoms with van der Waals surface area (Å²) in [4.78, 5) is 26.5. The zero-order valence-electron chi connectivity index (χ0n) is 20.8. The molecule has 34 heavy (non-hydrogen) atoms. The summed E-state index contributed by atoms with van der Waals surface area (Å²) in [6, 6.07) is 11.3. The van der Waals surface area contributed by atoms with Crippen LogP contribution in [0.5, 0.6) is 5.75 Å². The maximum absolute atomic E-state index is 13.5. The fourth-order valence-corrected chi connectivity index (χ4v) is 5.57. The van der Waals surface area contributed by atoms with E-state index < -0.39 is 21.5 Å². The predicted molar refractivity (Wildman–Crippen MR) is 137 cm³/mol. The van der Waals surface area contributed by atoms with Crippen LogP contribution in [0.15, 0.2) is 41.3 Å². The Morgan fingerprint density at radius 2 is 1.62 bits per heavy atom. The summed E-state index contributed by atoms with van der Waals surface area (Å²) in [5.74, 6) is -0.272. The molecule has 0 unspecified atom stereocenters. The van der Waals surface area contributed by atoms with E-state index in [1.807, 2.05) is 56.5 Å². The van der Waals surface area contributed by atoms with Gasteiger partial charge in [0.05, 0.1) is 6.26 Å². The van der Waals surface area contributed by atoms with Gasteiger partial charge in [-0.25, -0.2) is 12.7 Å². The largest absolute Gasteiger partial charge is 0.480 e. The third-order valence-electron chi connectivity index (χ3n) is 6.58. The number of benzene rings is 2. The highest BCUT2D eigenvalue weighted by atomic mass is 32.2. The first-order chi connectivity index (χ1) is 15.7. The summed E-state index contributed by atoms with van der Waals surface area (Å²) in [5.41, 5.74) is 2.21. The second kappa shape index (κ2) is 9.84. The molecule has 0 aromatic heterocycles. The van der Waals surface area contributed by atoms with Crippen LogP contribution in [0.1, 0.15) is 53.7 Å². The quantitative estimate of drug-likeness (QED) is 0.386. The molecule has 1 heterocycles. The Morgan fingerprint density at radius 1 is 1.06 bits per heavy atom. The van der Waals surface area contributed by atoms with E-state index in [1.54, 1.807) is 25.6 Å². The van der Waals surface area contributed by atoms with Gasteiger partial charge in [0, 0.05) is 35.4 Å². The molecular formula is C26H33NO5S2. The molecule has 0 bridgehead atoms. The van der Waals surface area contributed by atoms with Crippen molar-refractivity contribution in [3.05, 3.63) is 58.7 Å². The van der Waals surface area contributed by atoms with Gasteiger partial charge in [-0.3, -0.25) is 9.59 Å².